The smallest absolute Gasteiger partial charge is 0.0681 e. The maximum absolute atomic E-state index is 10.9. The van der Waals surface area contributed by atoms with Crippen molar-refractivity contribution in [1.29, 1.82) is 0 Å². The van der Waals surface area contributed by atoms with Crippen LogP contribution in [0.4, 0.5) is 0 Å². The second kappa shape index (κ2) is 4.26. The molecule has 3 aliphatic rings. The Balaban J connectivity index is 1.61. The fraction of sp³-hybridized carbons (Fsp3) is 1.00. The highest BCUT2D eigenvalue weighted by Crippen LogP contribution is 2.63. The minimum absolute atomic E-state index is 0.259. The molecule has 0 aromatic heterocycles. The molecule has 17 heavy (non-hydrogen) atoms. The summed E-state index contributed by atoms with van der Waals surface area (Å²) in [6, 6.07) is 0. The Kier molecular flexibility index (Phi) is 3.01. The number of rotatable bonds is 4. The predicted molar refractivity (Wildman–Crippen MR) is 70.7 cm³/mol. The first-order valence-electron chi connectivity index (χ1n) is 7.82. The molecule has 3 aliphatic carbocycles. The second-order valence-corrected chi connectivity index (χ2v) is 7.45. The van der Waals surface area contributed by atoms with Crippen LogP contribution >= 0.6 is 0 Å². The summed E-state index contributed by atoms with van der Waals surface area (Å²) in [5.74, 6) is 4.25. The Morgan fingerprint density at radius 3 is 2.76 bits per heavy atom. The zero-order chi connectivity index (χ0) is 12.0. The molecule has 3 fully saturated rings. The molecule has 5 unspecified atom stereocenters. The largest absolute Gasteiger partial charge is 0.390 e. The van der Waals surface area contributed by atoms with E-state index in [4.69, 9.17) is 0 Å². The summed E-state index contributed by atoms with van der Waals surface area (Å²) in [6.07, 6.45) is 10.4. The van der Waals surface area contributed by atoms with Gasteiger partial charge in [-0.15, -0.1) is 0 Å². The van der Waals surface area contributed by atoms with Crippen molar-refractivity contribution >= 4 is 0 Å². The fourth-order valence-corrected chi connectivity index (χ4v) is 5.34. The van der Waals surface area contributed by atoms with E-state index in [1.54, 1.807) is 0 Å². The van der Waals surface area contributed by atoms with Crippen LogP contribution in [0.3, 0.4) is 0 Å². The SMILES string of the molecule is CC(C)CCCC1(O)CC2CC1C1CCCC21. The van der Waals surface area contributed by atoms with Crippen LogP contribution < -0.4 is 0 Å². The van der Waals surface area contributed by atoms with Gasteiger partial charge in [-0.25, -0.2) is 0 Å². The predicted octanol–water partition coefficient (Wildman–Crippen LogP) is 4.00. The first kappa shape index (κ1) is 12.0. The minimum Gasteiger partial charge on any atom is -0.390 e. The molecule has 5 atom stereocenters. The fourth-order valence-electron chi connectivity index (χ4n) is 5.34. The normalized spacial score (nSPS) is 48.0. The van der Waals surface area contributed by atoms with Gasteiger partial charge in [0, 0.05) is 0 Å². The van der Waals surface area contributed by atoms with Gasteiger partial charge in [-0.3, -0.25) is 0 Å². The molecule has 98 valence electrons. The van der Waals surface area contributed by atoms with Crippen LogP contribution in [0.25, 0.3) is 0 Å². The Hall–Kier alpha value is -0.0400. The third-order valence-electron chi connectivity index (χ3n) is 6.00. The van der Waals surface area contributed by atoms with E-state index >= 15 is 0 Å². The van der Waals surface area contributed by atoms with Crippen molar-refractivity contribution in [2.45, 2.75) is 70.8 Å². The van der Waals surface area contributed by atoms with Crippen molar-refractivity contribution in [3.8, 4) is 0 Å². The third-order valence-corrected chi connectivity index (χ3v) is 6.00. The Morgan fingerprint density at radius 1 is 1.24 bits per heavy atom. The van der Waals surface area contributed by atoms with E-state index in [1.165, 1.54) is 38.5 Å². The monoisotopic (exact) mass is 236 g/mol. The Labute approximate surface area is 106 Å². The van der Waals surface area contributed by atoms with Crippen molar-refractivity contribution in [1.82, 2.24) is 0 Å². The van der Waals surface area contributed by atoms with Crippen LogP contribution in [-0.2, 0) is 0 Å². The maximum Gasteiger partial charge on any atom is 0.0681 e. The van der Waals surface area contributed by atoms with Gasteiger partial charge in [0.25, 0.3) is 0 Å². The van der Waals surface area contributed by atoms with Crippen LogP contribution in [0.5, 0.6) is 0 Å². The van der Waals surface area contributed by atoms with Crippen LogP contribution in [0.15, 0.2) is 0 Å². The molecule has 3 rings (SSSR count). The summed E-state index contributed by atoms with van der Waals surface area (Å²) >= 11 is 0. The third kappa shape index (κ3) is 1.95. The standard InChI is InChI=1S/C16H28O/c1-11(2)5-4-8-16(17)10-12-9-15(16)14-7-3-6-13(12)14/h11-15,17H,3-10H2,1-2H3. The van der Waals surface area contributed by atoms with Crippen molar-refractivity contribution in [3.63, 3.8) is 0 Å². The molecule has 0 aliphatic heterocycles. The van der Waals surface area contributed by atoms with Crippen molar-refractivity contribution in [3.05, 3.63) is 0 Å². The molecule has 1 nitrogen and oxygen atoms in total. The van der Waals surface area contributed by atoms with Gasteiger partial charge in [-0.05, 0) is 61.7 Å². The summed E-state index contributed by atoms with van der Waals surface area (Å²) in [4.78, 5) is 0. The van der Waals surface area contributed by atoms with Gasteiger partial charge in [0.05, 0.1) is 5.60 Å². The van der Waals surface area contributed by atoms with E-state index in [0.717, 1.165) is 36.5 Å². The molecule has 0 saturated heterocycles. The highest BCUT2D eigenvalue weighted by atomic mass is 16.3. The van der Waals surface area contributed by atoms with E-state index < -0.39 is 0 Å². The lowest BCUT2D eigenvalue weighted by atomic mass is 9.71. The molecule has 1 heteroatoms. The molecule has 0 spiro atoms. The van der Waals surface area contributed by atoms with Crippen LogP contribution in [-0.4, -0.2) is 10.7 Å². The quantitative estimate of drug-likeness (QED) is 0.782. The lowest BCUT2D eigenvalue weighted by Crippen LogP contribution is -2.41. The Morgan fingerprint density at radius 2 is 2.00 bits per heavy atom. The van der Waals surface area contributed by atoms with E-state index in [-0.39, 0.29) is 5.60 Å². The van der Waals surface area contributed by atoms with Crippen molar-refractivity contribution in [2.75, 3.05) is 0 Å². The van der Waals surface area contributed by atoms with Gasteiger partial charge < -0.3 is 5.11 Å². The highest BCUT2D eigenvalue weighted by molar-refractivity contribution is 5.09. The minimum atomic E-state index is -0.259. The molecule has 1 N–H and O–H groups in total. The summed E-state index contributed by atoms with van der Waals surface area (Å²) in [5, 5.41) is 10.9. The van der Waals surface area contributed by atoms with Crippen molar-refractivity contribution in [2.24, 2.45) is 29.6 Å². The molecule has 0 amide bonds. The molecular weight excluding hydrogens is 208 g/mol. The maximum atomic E-state index is 10.9. The molecule has 0 radical (unpaired) electrons. The van der Waals surface area contributed by atoms with E-state index in [2.05, 4.69) is 13.8 Å². The number of hydrogen-bond acceptors (Lipinski definition) is 1. The van der Waals surface area contributed by atoms with Gasteiger partial charge in [0.2, 0.25) is 0 Å². The van der Waals surface area contributed by atoms with Gasteiger partial charge >= 0.3 is 0 Å². The zero-order valence-electron chi connectivity index (χ0n) is 11.5. The average molecular weight is 236 g/mol. The lowest BCUT2D eigenvalue weighted by molar-refractivity contribution is -0.0538. The topological polar surface area (TPSA) is 20.2 Å². The molecule has 0 aromatic carbocycles. The first-order chi connectivity index (χ1) is 8.10. The first-order valence-corrected chi connectivity index (χ1v) is 7.82. The summed E-state index contributed by atoms with van der Waals surface area (Å²) < 4.78 is 0. The van der Waals surface area contributed by atoms with Crippen LogP contribution in [0, 0.1) is 29.6 Å². The second-order valence-electron chi connectivity index (χ2n) is 7.45. The number of hydrogen-bond donors (Lipinski definition) is 1. The summed E-state index contributed by atoms with van der Waals surface area (Å²) in [5.41, 5.74) is -0.259. The lowest BCUT2D eigenvalue weighted by Gasteiger charge is -2.39. The highest BCUT2D eigenvalue weighted by Gasteiger charge is 2.59. The van der Waals surface area contributed by atoms with Crippen molar-refractivity contribution < 1.29 is 5.11 Å². The number of aliphatic hydroxyl groups is 1. The van der Waals surface area contributed by atoms with Gasteiger partial charge in [-0.1, -0.05) is 33.1 Å². The summed E-state index contributed by atoms with van der Waals surface area (Å²) in [7, 11) is 0. The average Bonchev–Trinajstić information content (AvgIpc) is 2.86. The molecule has 2 bridgehead atoms. The molecule has 3 saturated carbocycles. The van der Waals surface area contributed by atoms with E-state index in [0.29, 0.717) is 5.92 Å². The molecule has 0 aromatic rings. The van der Waals surface area contributed by atoms with Gasteiger partial charge in [-0.2, -0.15) is 0 Å². The Bertz CT molecular complexity index is 285. The molecular formula is C16H28O. The summed E-state index contributed by atoms with van der Waals surface area (Å²) in [6.45, 7) is 4.58. The van der Waals surface area contributed by atoms with Gasteiger partial charge in [0.1, 0.15) is 0 Å². The number of fused-ring (bicyclic) bond motifs is 5. The molecule has 0 heterocycles. The zero-order valence-corrected chi connectivity index (χ0v) is 11.5. The van der Waals surface area contributed by atoms with Gasteiger partial charge in [0.15, 0.2) is 0 Å². The van der Waals surface area contributed by atoms with E-state index in [9.17, 15) is 5.11 Å². The van der Waals surface area contributed by atoms with E-state index in [1.807, 2.05) is 0 Å². The van der Waals surface area contributed by atoms with Crippen LogP contribution in [0.1, 0.15) is 65.2 Å². The van der Waals surface area contributed by atoms with Crippen LogP contribution in [0.2, 0.25) is 0 Å².